The van der Waals surface area contributed by atoms with Crippen molar-refractivity contribution in [3.05, 3.63) is 47.3 Å². The minimum Gasteiger partial charge on any atom is -0.462 e. The van der Waals surface area contributed by atoms with Gasteiger partial charge < -0.3 is 10.1 Å². The number of ether oxygens (including phenoxy) is 1. The lowest BCUT2D eigenvalue weighted by Crippen LogP contribution is -2.18. The first-order chi connectivity index (χ1) is 12.8. The molecule has 2 heterocycles. The summed E-state index contributed by atoms with van der Waals surface area (Å²) in [4.78, 5) is 24.7. The molecule has 144 valence electrons. The molecule has 1 amide bonds. The Bertz CT molecular complexity index is 981. The molecule has 0 radical (unpaired) electrons. The Labute approximate surface area is 157 Å². The van der Waals surface area contributed by atoms with E-state index in [0.717, 1.165) is 0 Å². The largest absolute Gasteiger partial charge is 0.462 e. The normalized spacial score (nSPS) is 18.2. The standard InChI is InChI=1S/C18H21N3O5S/c1-3-26-18(23)14-6-4-5-7-16(14)20-17(22)15-10-19-21(12(15)2)13-8-9-27(24,25)11-13/h4-7,10,13H,3,8-9,11H2,1-2H3,(H,20,22). The predicted octanol–water partition coefficient (Wildman–Crippen LogP) is 1.98. The van der Waals surface area contributed by atoms with Crippen LogP contribution in [0.15, 0.2) is 30.5 Å². The number of hydrogen-bond acceptors (Lipinski definition) is 6. The van der Waals surface area contributed by atoms with Gasteiger partial charge in [0.2, 0.25) is 0 Å². The molecule has 3 rings (SSSR count). The summed E-state index contributed by atoms with van der Waals surface area (Å²) >= 11 is 0. The van der Waals surface area contributed by atoms with Gasteiger partial charge in [0.1, 0.15) is 0 Å². The second-order valence-electron chi connectivity index (χ2n) is 6.37. The molecule has 0 bridgehead atoms. The number of esters is 1. The molecule has 2 aromatic rings. The molecule has 1 atom stereocenters. The average molecular weight is 391 g/mol. The van der Waals surface area contributed by atoms with Crippen LogP contribution in [0.3, 0.4) is 0 Å². The van der Waals surface area contributed by atoms with Gasteiger partial charge in [-0.3, -0.25) is 9.48 Å². The molecule has 9 heteroatoms. The fraction of sp³-hybridized carbons (Fsp3) is 0.389. The lowest BCUT2D eigenvalue weighted by atomic mass is 10.1. The van der Waals surface area contributed by atoms with Gasteiger partial charge in [-0.1, -0.05) is 12.1 Å². The van der Waals surface area contributed by atoms with E-state index in [1.807, 2.05) is 0 Å². The highest BCUT2D eigenvalue weighted by molar-refractivity contribution is 7.91. The van der Waals surface area contributed by atoms with Crippen LogP contribution in [0.25, 0.3) is 0 Å². The van der Waals surface area contributed by atoms with E-state index >= 15 is 0 Å². The number of carbonyl (C=O) groups excluding carboxylic acids is 2. The molecule has 1 fully saturated rings. The summed E-state index contributed by atoms with van der Waals surface area (Å²) in [5.41, 5.74) is 1.53. The molecule has 1 aromatic carbocycles. The van der Waals surface area contributed by atoms with E-state index in [1.54, 1.807) is 42.8 Å². The molecule has 1 unspecified atom stereocenters. The number of rotatable bonds is 5. The van der Waals surface area contributed by atoms with Crippen molar-refractivity contribution in [2.24, 2.45) is 0 Å². The Morgan fingerprint density at radius 3 is 2.70 bits per heavy atom. The lowest BCUT2D eigenvalue weighted by Gasteiger charge is -2.12. The minimum atomic E-state index is -3.05. The van der Waals surface area contributed by atoms with Gasteiger partial charge in [0.25, 0.3) is 5.91 Å². The molecule has 1 saturated heterocycles. The molecule has 27 heavy (non-hydrogen) atoms. The summed E-state index contributed by atoms with van der Waals surface area (Å²) in [5.74, 6) is -0.776. The van der Waals surface area contributed by atoms with E-state index < -0.39 is 21.7 Å². The van der Waals surface area contributed by atoms with Crippen molar-refractivity contribution in [3.63, 3.8) is 0 Å². The number of hydrogen-bond donors (Lipinski definition) is 1. The molecule has 8 nitrogen and oxygen atoms in total. The molecule has 0 spiro atoms. The molecular weight excluding hydrogens is 370 g/mol. The zero-order chi connectivity index (χ0) is 19.6. The third-order valence-electron chi connectivity index (χ3n) is 4.51. The topological polar surface area (TPSA) is 107 Å². The van der Waals surface area contributed by atoms with Crippen LogP contribution < -0.4 is 5.32 Å². The van der Waals surface area contributed by atoms with Crippen LogP contribution in [0, 0.1) is 6.92 Å². The van der Waals surface area contributed by atoms with E-state index in [9.17, 15) is 18.0 Å². The number of para-hydroxylation sites is 1. The maximum atomic E-state index is 12.7. The third-order valence-corrected chi connectivity index (χ3v) is 6.26. The number of sulfone groups is 1. The van der Waals surface area contributed by atoms with Gasteiger partial charge in [-0.15, -0.1) is 0 Å². The van der Waals surface area contributed by atoms with Crippen LogP contribution in [-0.2, 0) is 14.6 Å². The zero-order valence-electron chi connectivity index (χ0n) is 15.1. The quantitative estimate of drug-likeness (QED) is 0.781. The van der Waals surface area contributed by atoms with Crippen molar-refractivity contribution in [1.29, 1.82) is 0 Å². The van der Waals surface area contributed by atoms with Crippen LogP contribution in [0.2, 0.25) is 0 Å². The first-order valence-electron chi connectivity index (χ1n) is 8.64. The van der Waals surface area contributed by atoms with Crippen molar-refractivity contribution in [2.45, 2.75) is 26.3 Å². The van der Waals surface area contributed by atoms with Gasteiger partial charge in [0.05, 0.1) is 47.2 Å². The summed E-state index contributed by atoms with van der Waals surface area (Å²) in [7, 11) is -3.05. The van der Waals surface area contributed by atoms with E-state index in [1.165, 1.54) is 6.20 Å². The SMILES string of the molecule is CCOC(=O)c1ccccc1NC(=O)c1cnn(C2CCS(=O)(=O)C2)c1C. The van der Waals surface area contributed by atoms with Gasteiger partial charge in [-0.05, 0) is 32.4 Å². The highest BCUT2D eigenvalue weighted by Crippen LogP contribution is 2.26. The van der Waals surface area contributed by atoms with Crippen molar-refractivity contribution in [1.82, 2.24) is 9.78 Å². The first kappa shape index (κ1) is 19.1. The summed E-state index contributed by atoms with van der Waals surface area (Å²) in [6.45, 7) is 3.67. The molecule has 0 saturated carbocycles. The summed E-state index contributed by atoms with van der Waals surface area (Å²) in [5, 5.41) is 6.93. The smallest absolute Gasteiger partial charge is 0.340 e. The third kappa shape index (κ3) is 4.02. The second-order valence-corrected chi connectivity index (χ2v) is 8.59. The van der Waals surface area contributed by atoms with Crippen molar-refractivity contribution < 1.29 is 22.7 Å². The first-order valence-corrected chi connectivity index (χ1v) is 10.5. The summed E-state index contributed by atoms with van der Waals surface area (Å²) < 4.78 is 30.0. The number of carbonyl (C=O) groups is 2. The number of nitrogens with one attached hydrogen (secondary N) is 1. The number of nitrogens with zero attached hydrogens (tertiary/aromatic N) is 2. The van der Waals surface area contributed by atoms with Crippen molar-refractivity contribution >= 4 is 27.4 Å². The second kappa shape index (κ2) is 7.51. The Kier molecular flexibility index (Phi) is 5.31. The molecular formula is C18H21N3O5S. The van der Waals surface area contributed by atoms with E-state index in [0.29, 0.717) is 23.4 Å². The lowest BCUT2D eigenvalue weighted by molar-refractivity contribution is 0.0527. The number of aromatic nitrogens is 2. The fourth-order valence-electron chi connectivity index (χ4n) is 3.15. The number of benzene rings is 1. The predicted molar refractivity (Wildman–Crippen MR) is 99.6 cm³/mol. The Hall–Kier alpha value is -2.68. The Morgan fingerprint density at radius 1 is 1.30 bits per heavy atom. The van der Waals surface area contributed by atoms with Crippen LogP contribution in [0.5, 0.6) is 0 Å². The van der Waals surface area contributed by atoms with Gasteiger partial charge in [0.15, 0.2) is 9.84 Å². The Balaban J connectivity index is 1.81. The average Bonchev–Trinajstić information content (AvgIpc) is 3.17. The van der Waals surface area contributed by atoms with Crippen LogP contribution >= 0.6 is 0 Å². The van der Waals surface area contributed by atoms with Crippen LogP contribution in [-0.4, -0.2) is 48.2 Å². The number of anilines is 1. The van der Waals surface area contributed by atoms with E-state index in [2.05, 4.69) is 10.4 Å². The van der Waals surface area contributed by atoms with Gasteiger partial charge in [0, 0.05) is 5.69 Å². The van der Waals surface area contributed by atoms with E-state index in [-0.39, 0.29) is 29.7 Å². The number of amides is 1. The fourth-order valence-corrected chi connectivity index (χ4v) is 4.84. The summed E-state index contributed by atoms with van der Waals surface area (Å²) in [6.07, 6.45) is 1.90. The van der Waals surface area contributed by atoms with Crippen LogP contribution in [0.1, 0.15) is 45.8 Å². The molecule has 1 aromatic heterocycles. The monoisotopic (exact) mass is 391 g/mol. The van der Waals surface area contributed by atoms with Gasteiger partial charge in [-0.25, -0.2) is 13.2 Å². The van der Waals surface area contributed by atoms with Gasteiger partial charge in [-0.2, -0.15) is 5.10 Å². The Morgan fingerprint density at radius 2 is 2.04 bits per heavy atom. The van der Waals surface area contributed by atoms with Crippen LogP contribution in [0.4, 0.5) is 5.69 Å². The molecule has 1 aliphatic heterocycles. The minimum absolute atomic E-state index is 0.0300. The van der Waals surface area contributed by atoms with Crippen molar-refractivity contribution in [3.8, 4) is 0 Å². The molecule has 1 aliphatic rings. The zero-order valence-corrected chi connectivity index (χ0v) is 16.0. The maximum Gasteiger partial charge on any atom is 0.340 e. The highest BCUT2D eigenvalue weighted by Gasteiger charge is 2.31. The maximum absolute atomic E-state index is 12.7. The van der Waals surface area contributed by atoms with Crippen molar-refractivity contribution in [2.75, 3.05) is 23.4 Å². The highest BCUT2D eigenvalue weighted by atomic mass is 32.2. The summed E-state index contributed by atoms with van der Waals surface area (Å²) in [6, 6.07) is 6.33. The molecule has 1 N–H and O–H groups in total. The molecule has 0 aliphatic carbocycles. The van der Waals surface area contributed by atoms with Gasteiger partial charge >= 0.3 is 5.97 Å². The van der Waals surface area contributed by atoms with E-state index in [4.69, 9.17) is 4.74 Å².